The number of likely N-dealkylation sites (tertiary alicyclic amines) is 1. The summed E-state index contributed by atoms with van der Waals surface area (Å²) in [5.41, 5.74) is -0.592. The van der Waals surface area contributed by atoms with Gasteiger partial charge in [0, 0.05) is 18.9 Å². The van der Waals surface area contributed by atoms with Gasteiger partial charge in [0.05, 0.1) is 6.20 Å². The molecule has 1 aliphatic heterocycles. The second kappa shape index (κ2) is 9.22. The molecule has 2 aliphatic rings. The molecule has 1 aromatic heterocycles. The predicted octanol–water partition coefficient (Wildman–Crippen LogP) is 0.838. The van der Waals surface area contributed by atoms with Gasteiger partial charge in [0.25, 0.3) is 5.91 Å². The predicted molar refractivity (Wildman–Crippen MR) is 114 cm³/mol. The lowest BCUT2D eigenvalue weighted by Gasteiger charge is -2.36. The van der Waals surface area contributed by atoms with E-state index in [2.05, 4.69) is 20.6 Å². The van der Waals surface area contributed by atoms with Crippen molar-refractivity contribution in [1.82, 2.24) is 25.5 Å². The van der Waals surface area contributed by atoms with Gasteiger partial charge < -0.3 is 20.6 Å². The van der Waals surface area contributed by atoms with Crippen molar-refractivity contribution in [2.45, 2.75) is 65.1 Å². The van der Waals surface area contributed by atoms with Crippen molar-refractivity contribution in [3.8, 4) is 0 Å². The molecule has 10 heteroatoms. The summed E-state index contributed by atoms with van der Waals surface area (Å²) < 4.78 is 0. The molecule has 1 saturated carbocycles. The number of rotatable bonds is 6. The minimum atomic E-state index is -1.00. The molecule has 3 rings (SSSR count). The lowest BCUT2D eigenvalue weighted by atomic mass is 9.85. The maximum Gasteiger partial charge on any atom is 0.326 e. The average molecular weight is 446 g/mol. The number of aliphatic carboxylic acids is 1. The van der Waals surface area contributed by atoms with Gasteiger partial charge in [0.1, 0.15) is 23.8 Å². The van der Waals surface area contributed by atoms with Gasteiger partial charge >= 0.3 is 5.97 Å². The molecule has 174 valence electrons. The van der Waals surface area contributed by atoms with Crippen molar-refractivity contribution in [1.29, 1.82) is 0 Å². The molecular formula is C22H31N5O5. The molecule has 2 fully saturated rings. The molecule has 1 saturated heterocycles. The molecule has 0 aromatic carbocycles. The van der Waals surface area contributed by atoms with Crippen molar-refractivity contribution < 1.29 is 24.3 Å². The number of fused-ring (bicyclic) bond motifs is 1. The Kier molecular flexibility index (Phi) is 6.80. The molecular weight excluding hydrogens is 414 g/mol. The topological polar surface area (TPSA) is 142 Å². The van der Waals surface area contributed by atoms with Gasteiger partial charge in [-0.15, -0.1) is 0 Å². The Labute approximate surface area is 187 Å². The molecule has 5 atom stereocenters. The molecule has 0 spiro atoms. The highest BCUT2D eigenvalue weighted by molar-refractivity contribution is 5.97. The number of amides is 3. The molecule has 1 aromatic rings. The van der Waals surface area contributed by atoms with E-state index in [1.165, 1.54) is 30.4 Å². The number of hydrogen-bond donors (Lipinski definition) is 3. The molecule has 2 unspecified atom stereocenters. The number of nitrogens with one attached hydrogen (secondary N) is 2. The van der Waals surface area contributed by atoms with Gasteiger partial charge in [0.2, 0.25) is 11.8 Å². The first-order valence-electron chi connectivity index (χ1n) is 10.9. The van der Waals surface area contributed by atoms with E-state index in [4.69, 9.17) is 0 Å². The smallest absolute Gasteiger partial charge is 0.326 e. The van der Waals surface area contributed by atoms with E-state index >= 15 is 0 Å². The highest BCUT2D eigenvalue weighted by Crippen LogP contribution is 2.43. The molecule has 3 N–H and O–H groups in total. The van der Waals surface area contributed by atoms with Crippen molar-refractivity contribution >= 4 is 23.7 Å². The van der Waals surface area contributed by atoms with Gasteiger partial charge in [-0.2, -0.15) is 0 Å². The zero-order valence-corrected chi connectivity index (χ0v) is 18.9. The number of carbonyl (C=O) groups excluding carboxylic acids is 3. The molecule has 32 heavy (non-hydrogen) atoms. The third-order valence-corrected chi connectivity index (χ3v) is 6.36. The van der Waals surface area contributed by atoms with Crippen LogP contribution in [0.2, 0.25) is 0 Å². The average Bonchev–Trinajstić information content (AvgIpc) is 3.32. The van der Waals surface area contributed by atoms with E-state index in [9.17, 15) is 24.3 Å². The zero-order chi connectivity index (χ0) is 23.6. The van der Waals surface area contributed by atoms with Crippen LogP contribution in [0.4, 0.5) is 0 Å². The van der Waals surface area contributed by atoms with Crippen LogP contribution in [0, 0.1) is 17.3 Å². The largest absolute Gasteiger partial charge is 0.480 e. The highest BCUT2D eigenvalue weighted by Gasteiger charge is 2.51. The van der Waals surface area contributed by atoms with Crippen LogP contribution >= 0.6 is 0 Å². The van der Waals surface area contributed by atoms with Gasteiger partial charge in [-0.05, 0) is 37.0 Å². The molecule has 3 amide bonds. The monoisotopic (exact) mass is 445 g/mol. The van der Waals surface area contributed by atoms with Gasteiger partial charge in [-0.1, -0.05) is 27.2 Å². The molecule has 2 heterocycles. The Morgan fingerprint density at radius 1 is 1.16 bits per heavy atom. The van der Waals surface area contributed by atoms with Crippen LogP contribution in [-0.4, -0.2) is 68.3 Å². The third-order valence-electron chi connectivity index (χ3n) is 6.36. The summed E-state index contributed by atoms with van der Waals surface area (Å²) in [4.78, 5) is 59.7. The van der Waals surface area contributed by atoms with Gasteiger partial charge in [-0.3, -0.25) is 19.4 Å². The summed E-state index contributed by atoms with van der Waals surface area (Å²) in [5.74, 6) is -2.37. The number of carbonyl (C=O) groups is 4. The van der Waals surface area contributed by atoms with E-state index in [1.54, 1.807) is 0 Å². The fourth-order valence-corrected chi connectivity index (χ4v) is 4.68. The van der Waals surface area contributed by atoms with Crippen molar-refractivity contribution in [2.24, 2.45) is 17.3 Å². The minimum Gasteiger partial charge on any atom is -0.480 e. The summed E-state index contributed by atoms with van der Waals surface area (Å²) in [6.07, 6.45) is 6.78. The van der Waals surface area contributed by atoms with Crippen LogP contribution in [0.25, 0.3) is 0 Å². The SMILES string of the molecule is C[C@H](NC(=O)c1cnccn1)C(=O)NC(C(=O)N1C[C@H]2CCCC2[C@H]1C(=O)O)C(C)(C)C. The number of hydrogen-bond acceptors (Lipinski definition) is 6. The normalized spacial score (nSPS) is 24.4. The lowest BCUT2D eigenvalue weighted by molar-refractivity contribution is -0.152. The minimum absolute atomic E-state index is 0.0436. The first-order valence-corrected chi connectivity index (χ1v) is 10.9. The van der Waals surface area contributed by atoms with Crippen LogP contribution in [-0.2, 0) is 14.4 Å². The van der Waals surface area contributed by atoms with Crippen LogP contribution in [0.5, 0.6) is 0 Å². The van der Waals surface area contributed by atoms with E-state index < -0.39 is 47.2 Å². The third kappa shape index (κ3) is 4.89. The summed E-state index contributed by atoms with van der Waals surface area (Å²) >= 11 is 0. The maximum absolute atomic E-state index is 13.5. The standard InChI is InChI=1S/C22H31N5O5/c1-12(25-19(29)15-10-23-8-9-24-15)18(28)26-17(22(2,3)4)20(30)27-11-13-6-5-7-14(13)16(27)21(31)32/h8-10,12-14,16-17H,5-7,11H2,1-4H3,(H,25,29)(H,26,28)(H,31,32)/t12-,13+,14?,16-,17?/m0/s1. The number of nitrogens with zero attached hydrogens (tertiary/aromatic N) is 3. The Morgan fingerprint density at radius 3 is 2.47 bits per heavy atom. The second-order valence-corrected chi connectivity index (χ2v) is 9.72. The van der Waals surface area contributed by atoms with E-state index in [-0.39, 0.29) is 17.5 Å². The Morgan fingerprint density at radius 2 is 1.88 bits per heavy atom. The van der Waals surface area contributed by atoms with E-state index in [0.29, 0.717) is 6.54 Å². The number of carboxylic acid groups (broad SMARTS) is 1. The van der Waals surface area contributed by atoms with Crippen LogP contribution in [0.1, 0.15) is 57.4 Å². The Hall–Kier alpha value is -3.04. The zero-order valence-electron chi connectivity index (χ0n) is 18.9. The first kappa shape index (κ1) is 23.6. The molecule has 10 nitrogen and oxygen atoms in total. The van der Waals surface area contributed by atoms with Crippen LogP contribution < -0.4 is 10.6 Å². The number of carboxylic acids is 1. The summed E-state index contributed by atoms with van der Waals surface area (Å²) in [7, 11) is 0. The fourth-order valence-electron chi connectivity index (χ4n) is 4.68. The van der Waals surface area contributed by atoms with Crippen molar-refractivity contribution in [3.05, 3.63) is 24.3 Å². The maximum atomic E-state index is 13.5. The molecule has 1 aliphatic carbocycles. The first-order chi connectivity index (χ1) is 15.0. The number of aromatic nitrogens is 2. The summed E-state index contributed by atoms with van der Waals surface area (Å²) in [5, 5.41) is 15.1. The Balaban J connectivity index is 1.72. The van der Waals surface area contributed by atoms with Crippen molar-refractivity contribution in [3.63, 3.8) is 0 Å². The molecule has 0 bridgehead atoms. The second-order valence-electron chi connectivity index (χ2n) is 9.72. The van der Waals surface area contributed by atoms with E-state index in [1.807, 2.05) is 20.8 Å². The summed E-state index contributed by atoms with van der Waals surface area (Å²) in [6.45, 7) is 7.33. The Bertz CT molecular complexity index is 884. The highest BCUT2D eigenvalue weighted by atomic mass is 16.4. The lowest BCUT2D eigenvalue weighted by Crippen LogP contribution is -2.59. The van der Waals surface area contributed by atoms with E-state index in [0.717, 1.165) is 19.3 Å². The fraction of sp³-hybridized carbons (Fsp3) is 0.636. The van der Waals surface area contributed by atoms with Gasteiger partial charge in [0.15, 0.2) is 0 Å². The van der Waals surface area contributed by atoms with Crippen molar-refractivity contribution in [2.75, 3.05) is 6.54 Å². The molecule has 0 radical (unpaired) electrons. The van der Waals surface area contributed by atoms with Gasteiger partial charge in [-0.25, -0.2) is 9.78 Å². The quantitative estimate of drug-likeness (QED) is 0.589. The van der Waals surface area contributed by atoms with Crippen LogP contribution in [0.3, 0.4) is 0 Å². The summed E-state index contributed by atoms with van der Waals surface area (Å²) in [6, 6.07) is -2.74. The van der Waals surface area contributed by atoms with Crippen LogP contribution in [0.15, 0.2) is 18.6 Å².